The third kappa shape index (κ3) is 3.03. The molecule has 0 saturated heterocycles. The Bertz CT molecular complexity index is 641. The fourth-order valence-electron chi connectivity index (χ4n) is 1.57. The van der Waals surface area contributed by atoms with Crippen molar-refractivity contribution in [2.75, 3.05) is 0 Å². The van der Waals surface area contributed by atoms with Crippen LogP contribution in [0.25, 0.3) is 0 Å². The summed E-state index contributed by atoms with van der Waals surface area (Å²) in [5, 5.41) is 9.59. The van der Waals surface area contributed by atoms with Gasteiger partial charge in [0.15, 0.2) is 0 Å². The number of hydrogen-bond donors (Lipinski definition) is 1. The average Bonchev–Trinajstić information content (AvgIpc) is 2.36. The lowest BCUT2D eigenvalue weighted by atomic mass is 10.2. The fraction of sp³-hybridized carbons (Fsp3) is 0.0714. The molecule has 2 aromatic rings. The highest BCUT2D eigenvalue weighted by atomic mass is 35.5. The second kappa shape index (κ2) is 5.28. The standard InChI is InChI=1S/C14H10ClFO3/c1-8-6-10(3-4-12(8)15)19-13-5-2-9(16)7-11(13)14(17)18/h2-7H,1H3,(H,17,18). The van der Waals surface area contributed by atoms with E-state index in [1.165, 1.54) is 6.07 Å². The molecule has 0 aliphatic heterocycles. The molecule has 0 amide bonds. The van der Waals surface area contributed by atoms with Crippen LogP contribution in [0.4, 0.5) is 4.39 Å². The quantitative estimate of drug-likeness (QED) is 0.913. The van der Waals surface area contributed by atoms with E-state index in [2.05, 4.69) is 0 Å². The van der Waals surface area contributed by atoms with Crippen molar-refractivity contribution in [3.05, 3.63) is 58.4 Å². The summed E-state index contributed by atoms with van der Waals surface area (Å²) in [5.41, 5.74) is 0.575. The Hall–Kier alpha value is -2.07. The van der Waals surface area contributed by atoms with Crippen molar-refractivity contribution >= 4 is 17.6 Å². The molecule has 2 rings (SSSR count). The van der Waals surface area contributed by atoms with E-state index in [1.54, 1.807) is 25.1 Å². The molecule has 1 N–H and O–H groups in total. The van der Waals surface area contributed by atoms with Crippen molar-refractivity contribution in [2.24, 2.45) is 0 Å². The van der Waals surface area contributed by atoms with E-state index >= 15 is 0 Å². The first kappa shape index (κ1) is 13.4. The van der Waals surface area contributed by atoms with Crippen LogP contribution in [0.5, 0.6) is 11.5 Å². The summed E-state index contributed by atoms with van der Waals surface area (Å²) < 4.78 is 18.5. The van der Waals surface area contributed by atoms with Gasteiger partial charge in [0.05, 0.1) is 0 Å². The maximum Gasteiger partial charge on any atom is 0.339 e. The Morgan fingerprint density at radius 1 is 1.26 bits per heavy atom. The van der Waals surface area contributed by atoms with Gasteiger partial charge < -0.3 is 9.84 Å². The van der Waals surface area contributed by atoms with E-state index in [9.17, 15) is 9.18 Å². The van der Waals surface area contributed by atoms with Crippen LogP contribution in [0.1, 0.15) is 15.9 Å². The monoisotopic (exact) mass is 280 g/mol. The smallest absolute Gasteiger partial charge is 0.339 e. The molecular formula is C14H10ClFO3. The zero-order chi connectivity index (χ0) is 14.0. The Morgan fingerprint density at radius 3 is 2.63 bits per heavy atom. The van der Waals surface area contributed by atoms with Gasteiger partial charge in [0, 0.05) is 5.02 Å². The minimum atomic E-state index is -1.25. The van der Waals surface area contributed by atoms with Crippen molar-refractivity contribution in [2.45, 2.75) is 6.92 Å². The van der Waals surface area contributed by atoms with Crippen LogP contribution in [0.15, 0.2) is 36.4 Å². The van der Waals surface area contributed by atoms with E-state index in [-0.39, 0.29) is 11.3 Å². The van der Waals surface area contributed by atoms with Crippen molar-refractivity contribution in [3.8, 4) is 11.5 Å². The number of benzene rings is 2. The normalized spacial score (nSPS) is 10.3. The van der Waals surface area contributed by atoms with Crippen molar-refractivity contribution in [1.82, 2.24) is 0 Å². The zero-order valence-corrected chi connectivity index (χ0v) is 10.7. The number of rotatable bonds is 3. The van der Waals surface area contributed by atoms with E-state index in [1.807, 2.05) is 0 Å². The Labute approximate surface area is 114 Å². The number of ether oxygens (including phenoxy) is 1. The van der Waals surface area contributed by atoms with Crippen LogP contribution < -0.4 is 4.74 Å². The topological polar surface area (TPSA) is 46.5 Å². The molecule has 0 spiro atoms. The first-order chi connectivity index (χ1) is 8.97. The molecule has 2 aromatic carbocycles. The van der Waals surface area contributed by atoms with Crippen LogP contribution >= 0.6 is 11.6 Å². The number of hydrogen-bond acceptors (Lipinski definition) is 2. The fourth-order valence-corrected chi connectivity index (χ4v) is 1.68. The van der Waals surface area contributed by atoms with E-state index in [4.69, 9.17) is 21.4 Å². The van der Waals surface area contributed by atoms with Gasteiger partial charge in [0.25, 0.3) is 0 Å². The minimum Gasteiger partial charge on any atom is -0.478 e. The molecule has 0 fully saturated rings. The molecule has 3 nitrogen and oxygen atoms in total. The lowest BCUT2D eigenvalue weighted by Gasteiger charge is -2.09. The van der Waals surface area contributed by atoms with Crippen LogP contribution in [0, 0.1) is 12.7 Å². The Kier molecular flexibility index (Phi) is 3.71. The van der Waals surface area contributed by atoms with E-state index in [0.717, 1.165) is 17.7 Å². The first-order valence-electron chi connectivity index (χ1n) is 5.44. The molecule has 0 aromatic heterocycles. The SMILES string of the molecule is Cc1cc(Oc2ccc(F)cc2C(=O)O)ccc1Cl. The summed E-state index contributed by atoms with van der Waals surface area (Å²) >= 11 is 5.89. The average molecular weight is 281 g/mol. The molecule has 0 bridgehead atoms. The summed E-state index contributed by atoms with van der Waals surface area (Å²) in [7, 11) is 0. The van der Waals surface area contributed by atoms with Gasteiger partial charge in [-0.3, -0.25) is 0 Å². The molecule has 98 valence electrons. The summed E-state index contributed by atoms with van der Waals surface area (Å²) in [6, 6.07) is 8.28. The van der Waals surface area contributed by atoms with Gasteiger partial charge in [0.2, 0.25) is 0 Å². The number of aryl methyl sites for hydroxylation is 1. The molecule has 0 aliphatic carbocycles. The highest BCUT2D eigenvalue weighted by molar-refractivity contribution is 6.31. The summed E-state index contributed by atoms with van der Waals surface area (Å²) in [6.07, 6.45) is 0. The van der Waals surface area contributed by atoms with Gasteiger partial charge >= 0.3 is 5.97 Å². The summed E-state index contributed by atoms with van der Waals surface area (Å²) in [4.78, 5) is 11.0. The molecule has 0 unspecified atom stereocenters. The molecule has 0 saturated carbocycles. The number of halogens is 2. The van der Waals surface area contributed by atoms with Crippen LogP contribution in [0.3, 0.4) is 0 Å². The maximum absolute atomic E-state index is 13.0. The molecule has 0 atom stereocenters. The molecule has 0 heterocycles. The number of carboxylic acids is 1. The molecule has 0 aliphatic rings. The van der Waals surface area contributed by atoms with Gasteiger partial charge in [-0.05, 0) is 48.9 Å². The molecule has 19 heavy (non-hydrogen) atoms. The minimum absolute atomic E-state index is 0.0793. The lowest BCUT2D eigenvalue weighted by Crippen LogP contribution is -2.00. The van der Waals surface area contributed by atoms with Crippen molar-refractivity contribution in [1.29, 1.82) is 0 Å². The van der Waals surface area contributed by atoms with Gasteiger partial charge in [-0.2, -0.15) is 0 Å². The van der Waals surface area contributed by atoms with Gasteiger partial charge in [-0.25, -0.2) is 9.18 Å². The van der Waals surface area contributed by atoms with Crippen molar-refractivity contribution in [3.63, 3.8) is 0 Å². The highest BCUT2D eigenvalue weighted by Gasteiger charge is 2.13. The van der Waals surface area contributed by atoms with Crippen LogP contribution in [-0.2, 0) is 0 Å². The molecule has 5 heteroatoms. The number of aromatic carboxylic acids is 1. The van der Waals surface area contributed by atoms with Crippen LogP contribution in [-0.4, -0.2) is 11.1 Å². The summed E-state index contributed by atoms with van der Waals surface area (Å²) in [6.45, 7) is 1.80. The van der Waals surface area contributed by atoms with Crippen molar-refractivity contribution < 1.29 is 19.0 Å². The second-order valence-corrected chi connectivity index (χ2v) is 4.37. The largest absolute Gasteiger partial charge is 0.478 e. The predicted octanol–water partition coefficient (Wildman–Crippen LogP) is 4.28. The molecular weight excluding hydrogens is 271 g/mol. The number of carbonyl (C=O) groups is 1. The third-order valence-corrected chi connectivity index (χ3v) is 2.95. The van der Waals surface area contributed by atoms with Crippen LogP contribution in [0.2, 0.25) is 5.02 Å². The number of carboxylic acid groups (broad SMARTS) is 1. The third-order valence-electron chi connectivity index (χ3n) is 2.53. The first-order valence-corrected chi connectivity index (χ1v) is 5.82. The lowest BCUT2D eigenvalue weighted by molar-refractivity contribution is 0.0693. The van der Waals surface area contributed by atoms with E-state index < -0.39 is 11.8 Å². The second-order valence-electron chi connectivity index (χ2n) is 3.96. The Morgan fingerprint density at radius 2 is 2.00 bits per heavy atom. The highest BCUT2D eigenvalue weighted by Crippen LogP contribution is 2.28. The van der Waals surface area contributed by atoms with E-state index in [0.29, 0.717) is 10.8 Å². The van der Waals surface area contributed by atoms with Gasteiger partial charge in [0.1, 0.15) is 22.9 Å². The maximum atomic E-state index is 13.0. The zero-order valence-electron chi connectivity index (χ0n) is 9.98. The predicted molar refractivity (Wildman–Crippen MR) is 69.6 cm³/mol. The Balaban J connectivity index is 2.37. The summed E-state index contributed by atoms with van der Waals surface area (Å²) in [5.74, 6) is -1.36. The van der Waals surface area contributed by atoms with Gasteiger partial charge in [-0.15, -0.1) is 0 Å². The van der Waals surface area contributed by atoms with Gasteiger partial charge in [-0.1, -0.05) is 11.6 Å². The molecule has 0 radical (unpaired) electrons.